The molecule has 5 nitrogen and oxygen atoms in total. The minimum atomic E-state index is 0.185. The number of carbonyl (C=O) groups is 1. The average Bonchev–Trinajstić information content (AvgIpc) is 2.52. The topological polar surface area (TPSA) is 50.8 Å². The summed E-state index contributed by atoms with van der Waals surface area (Å²) in [7, 11) is 3.29. The van der Waals surface area contributed by atoms with E-state index >= 15 is 0 Å². The van der Waals surface area contributed by atoms with Gasteiger partial charge in [-0.05, 0) is 32.0 Å². The summed E-state index contributed by atoms with van der Waals surface area (Å²) in [5, 5.41) is 3.28. The van der Waals surface area contributed by atoms with Crippen molar-refractivity contribution in [3.8, 4) is 11.5 Å². The molecule has 0 aliphatic carbocycles. The number of nitrogens with zero attached hydrogens (tertiary/aromatic N) is 1. The second kappa shape index (κ2) is 9.23. The molecule has 1 aromatic rings. The van der Waals surface area contributed by atoms with Crippen LogP contribution in [0, 0.1) is 0 Å². The van der Waals surface area contributed by atoms with Gasteiger partial charge in [-0.3, -0.25) is 4.79 Å². The second-order valence-electron chi connectivity index (χ2n) is 4.67. The molecule has 0 aliphatic rings. The Labute approximate surface area is 127 Å². The van der Waals surface area contributed by atoms with Gasteiger partial charge in [-0.25, -0.2) is 0 Å². The van der Waals surface area contributed by atoms with Gasteiger partial charge in [0.25, 0.3) is 0 Å². The highest BCUT2D eigenvalue weighted by Crippen LogP contribution is 2.23. The molecule has 21 heavy (non-hydrogen) atoms. The Balaban J connectivity index is 2.47. The Morgan fingerprint density at radius 2 is 1.90 bits per heavy atom. The zero-order valence-electron chi connectivity index (χ0n) is 13.4. The summed E-state index contributed by atoms with van der Waals surface area (Å²) >= 11 is 0. The molecule has 0 atom stereocenters. The minimum absolute atomic E-state index is 0.185. The number of hydrogen-bond acceptors (Lipinski definition) is 4. The zero-order valence-corrected chi connectivity index (χ0v) is 13.4. The van der Waals surface area contributed by atoms with E-state index in [4.69, 9.17) is 9.47 Å². The summed E-state index contributed by atoms with van der Waals surface area (Å²) in [5.74, 6) is 1.80. The lowest BCUT2D eigenvalue weighted by Gasteiger charge is -2.18. The van der Waals surface area contributed by atoms with Crippen LogP contribution < -0.4 is 14.8 Å². The maximum Gasteiger partial charge on any atom is 0.223 e. The third-order valence-electron chi connectivity index (χ3n) is 3.43. The number of methoxy groups -OCH3 is 2. The van der Waals surface area contributed by atoms with Crippen LogP contribution in [0.2, 0.25) is 0 Å². The van der Waals surface area contributed by atoms with E-state index in [0.717, 1.165) is 30.2 Å². The average molecular weight is 294 g/mol. The fourth-order valence-electron chi connectivity index (χ4n) is 2.17. The van der Waals surface area contributed by atoms with E-state index in [-0.39, 0.29) is 5.91 Å². The minimum Gasteiger partial charge on any atom is -0.497 e. The van der Waals surface area contributed by atoms with Crippen LogP contribution >= 0.6 is 0 Å². The molecule has 0 heterocycles. The van der Waals surface area contributed by atoms with Crippen LogP contribution in [0.25, 0.3) is 0 Å². The van der Waals surface area contributed by atoms with E-state index in [1.165, 1.54) is 0 Å². The molecular formula is C16H26N2O3. The van der Waals surface area contributed by atoms with Crippen molar-refractivity contribution in [2.75, 3.05) is 33.9 Å². The number of rotatable bonds is 9. The molecule has 0 saturated heterocycles. The molecule has 0 aliphatic heterocycles. The third kappa shape index (κ3) is 5.27. The molecule has 1 amide bonds. The molecular weight excluding hydrogens is 268 g/mol. The molecule has 0 spiro atoms. The fraction of sp³-hybridized carbons (Fsp3) is 0.562. The molecule has 0 fully saturated rings. The van der Waals surface area contributed by atoms with Gasteiger partial charge in [-0.15, -0.1) is 0 Å². The molecule has 0 bridgehead atoms. The van der Waals surface area contributed by atoms with E-state index in [2.05, 4.69) is 5.32 Å². The Morgan fingerprint density at radius 1 is 1.19 bits per heavy atom. The zero-order chi connectivity index (χ0) is 15.7. The van der Waals surface area contributed by atoms with Gasteiger partial charge in [0.1, 0.15) is 11.5 Å². The highest BCUT2D eigenvalue weighted by Gasteiger charge is 2.09. The molecule has 0 saturated carbocycles. The van der Waals surface area contributed by atoms with Crippen molar-refractivity contribution in [2.45, 2.75) is 26.8 Å². The molecule has 0 aromatic heterocycles. The van der Waals surface area contributed by atoms with Crippen LogP contribution in [0.3, 0.4) is 0 Å². The Hall–Kier alpha value is -1.75. The lowest BCUT2D eigenvalue weighted by molar-refractivity contribution is -0.130. The summed E-state index contributed by atoms with van der Waals surface area (Å²) in [6, 6.07) is 5.70. The first-order chi connectivity index (χ1) is 10.2. The molecule has 1 aromatic carbocycles. The number of nitrogens with one attached hydrogen (secondary N) is 1. The van der Waals surface area contributed by atoms with Crippen molar-refractivity contribution in [1.29, 1.82) is 0 Å². The molecule has 1 N–H and O–H groups in total. The summed E-state index contributed by atoms with van der Waals surface area (Å²) in [6.07, 6.45) is 0.508. The van der Waals surface area contributed by atoms with E-state index < -0.39 is 0 Å². The fourth-order valence-corrected chi connectivity index (χ4v) is 2.17. The quantitative estimate of drug-likeness (QED) is 0.708. The van der Waals surface area contributed by atoms with Crippen LogP contribution in [0.15, 0.2) is 18.2 Å². The van der Waals surface area contributed by atoms with Crippen LogP contribution in [-0.2, 0) is 11.3 Å². The number of hydrogen-bond donors (Lipinski definition) is 1. The maximum absolute atomic E-state index is 11.9. The summed E-state index contributed by atoms with van der Waals surface area (Å²) < 4.78 is 10.5. The van der Waals surface area contributed by atoms with Gasteiger partial charge in [-0.1, -0.05) is 0 Å². The van der Waals surface area contributed by atoms with Gasteiger partial charge in [0.2, 0.25) is 5.91 Å². The van der Waals surface area contributed by atoms with Crippen LogP contribution in [0.4, 0.5) is 0 Å². The summed E-state index contributed by atoms with van der Waals surface area (Å²) in [4.78, 5) is 13.7. The molecule has 5 heteroatoms. The monoisotopic (exact) mass is 294 g/mol. The van der Waals surface area contributed by atoms with Crippen molar-refractivity contribution in [3.05, 3.63) is 23.8 Å². The van der Waals surface area contributed by atoms with Gasteiger partial charge in [0.05, 0.1) is 14.2 Å². The third-order valence-corrected chi connectivity index (χ3v) is 3.43. The number of benzene rings is 1. The van der Waals surface area contributed by atoms with Gasteiger partial charge >= 0.3 is 0 Å². The summed E-state index contributed by atoms with van der Waals surface area (Å²) in [5.41, 5.74) is 1.02. The lowest BCUT2D eigenvalue weighted by atomic mass is 10.2. The molecule has 0 radical (unpaired) electrons. The van der Waals surface area contributed by atoms with E-state index in [9.17, 15) is 4.79 Å². The van der Waals surface area contributed by atoms with Crippen molar-refractivity contribution in [3.63, 3.8) is 0 Å². The standard InChI is InChI=1S/C16H26N2O3/c1-5-18(6-2)16(19)9-10-17-12-13-11-14(20-3)7-8-15(13)21-4/h7-8,11,17H,5-6,9-10,12H2,1-4H3. The first-order valence-corrected chi connectivity index (χ1v) is 7.35. The molecule has 0 unspecified atom stereocenters. The van der Waals surface area contributed by atoms with Gasteiger partial charge in [0.15, 0.2) is 0 Å². The predicted molar refractivity (Wildman–Crippen MR) is 83.8 cm³/mol. The number of ether oxygens (including phenoxy) is 2. The van der Waals surface area contributed by atoms with Crippen LogP contribution in [-0.4, -0.2) is 44.7 Å². The van der Waals surface area contributed by atoms with Crippen LogP contribution in [0.5, 0.6) is 11.5 Å². The largest absolute Gasteiger partial charge is 0.497 e. The van der Waals surface area contributed by atoms with Gasteiger partial charge in [-0.2, -0.15) is 0 Å². The highest BCUT2D eigenvalue weighted by atomic mass is 16.5. The Kier molecular flexibility index (Phi) is 7.61. The van der Waals surface area contributed by atoms with Crippen molar-refractivity contribution >= 4 is 5.91 Å². The smallest absolute Gasteiger partial charge is 0.223 e. The first kappa shape index (κ1) is 17.3. The van der Waals surface area contributed by atoms with Crippen molar-refractivity contribution < 1.29 is 14.3 Å². The maximum atomic E-state index is 11.9. The second-order valence-corrected chi connectivity index (χ2v) is 4.67. The van der Waals surface area contributed by atoms with Crippen molar-refractivity contribution in [1.82, 2.24) is 10.2 Å². The van der Waals surface area contributed by atoms with E-state index in [1.807, 2.05) is 36.9 Å². The molecule has 1 rings (SSSR count). The Bertz CT molecular complexity index is 445. The van der Waals surface area contributed by atoms with Gasteiger partial charge < -0.3 is 19.7 Å². The highest BCUT2D eigenvalue weighted by molar-refractivity contribution is 5.76. The Morgan fingerprint density at radius 3 is 2.48 bits per heavy atom. The summed E-state index contributed by atoms with van der Waals surface area (Å²) in [6.45, 7) is 6.81. The molecule has 118 valence electrons. The normalized spacial score (nSPS) is 10.3. The van der Waals surface area contributed by atoms with E-state index in [1.54, 1.807) is 14.2 Å². The lowest BCUT2D eigenvalue weighted by Crippen LogP contribution is -2.32. The van der Waals surface area contributed by atoms with Gasteiger partial charge in [0, 0.05) is 38.2 Å². The number of carbonyl (C=O) groups excluding carboxylic acids is 1. The van der Waals surface area contributed by atoms with Crippen LogP contribution in [0.1, 0.15) is 25.8 Å². The van der Waals surface area contributed by atoms with Crippen molar-refractivity contribution in [2.24, 2.45) is 0 Å². The predicted octanol–water partition coefficient (Wildman–Crippen LogP) is 2.05. The SMILES string of the molecule is CCN(CC)C(=O)CCNCc1cc(OC)ccc1OC. The first-order valence-electron chi connectivity index (χ1n) is 7.35. The number of amides is 1. The van der Waals surface area contributed by atoms with E-state index in [0.29, 0.717) is 19.5 Å².